The quantitative estimate of drug-likeness (QED) is 0.430. The van der Waals surface area contributed by atoms with Crippen LogP contribution in [0, 0.1) is 10.1 Å². The molecule has 0 unspecified atom stereocenters. The second kappa shape index (κ2) is 7.05. The highest BCUT2D eigenvalue weighted by Gasteiger charge is 2.14. The lowest BCUT2D eigenvalue weighted by Crippen LogP contribution is -2.16. The van der Waals surface area contributed by atoms with Gasteiger partial charge in [0.1, 0.15) is 0 Å². The number of rotatable bonds is 8. The van der Waals surface area contributed by atoms with E-state index < -0.39 is 21.4 Å². The molecule has 106 valence electrons. The van der Waals surface area contributed by atoms with Gasteiger partial charge in [0.2, 0.25) is 0 Å². The van der Waals surface area contributed by atoms with Gasteiger partial charge in [-0.2, -0.15) is 0 Å². The maximum Gasteiger partial charge on any atom is 0.310 e. The molecule has 7 nitrogen and oxygen atoms in total. The summed E-state index contributed by atoms with van der Waals surface area (Å²) < 4.78 is 27.8. The van der Waals surface area contributed by atoms with Crippen molar-refractivity contribution in [2.24, 2.45) is 0 Å². The highest BCUT2D eigenvalue weighted by atomic mass is 32.2. The Morgan fingerprint density at radius 3 is 2.58 bits per heavy atom. The molecule has 1 aromatic carbocycles. The largest absolute Gasteiger partial charge is 0.487 e. The van der Waals surface area contributed by atoms with E-state index in [-0.39, 0.29) is 36.0 Å². The molecule has 0 aromatic heterocycles. The number of nitrogens with zero attached hydrogens (tertiary/aromatic N) is 1. The maximum atomic E-state index is 11.3. The first kappa shape index (κ1) is 15.4. The Bertz CT molecular complexity index is 528. The minimum absolute atomic E-state index is 0.0650. The molecule has 0 saturated carbocycles. The monoisotopic (exact) mass is 289 g/mol. The Balaban J connectivity index is 2.48. The third-order valence-electron chi connectivity index (χ3n) is 2.32. The maximum absolute atomic E-state index is 11.3. The van der Waals surface area contributed by atoms with Crippen LogP contribution in [0.4, 0.5) is 5.69 Å². The van der Waals surface area contributed by atoms with Crippen molar-refractivity contribution in [1.82, 2.24) is 0 Å². The third-order valence-corrected chi connectivity index (χ3v) is 4.04. The summed E-state index contributed by atoms with van der Waals surface area (Å²) in [5.74, 6) is -0.279. The molecule has 0 atom stereocenters. The first-order valence-corrected chi connectivity index (χ1v) is 7.46. The van der Waals surface area contributed by atoms with E-state index in [1.165, 1.54) is 18.2 Å². The van der Waals surface area contributed by atoms with Gasteiger partial charge in [-0.15, -0.1) is 0 Å². The van der Waals surface area contributed by atoms with Gasteiger partial charge in [-0.25, -0.2) is 8.42 Å². The number of nitro groups is 1. The molecular formula is C11H15NO6S. The Morgan fingerprint density at radius 2 is 1.95 bits per heavy atom. The Kier molecular flexibility index (Phi) is 5.71. The van der Waals surface area contributed by atoms with E-state index in [4.69, 9.17) is 9.84 Å². The number of aliphatic hydroxyl groups excluding tert-OH is 1. The molecule has 1 N–H and O–H groups in total. The Morgan fingerprint density at radius 1 is 1.26 bits per heavy atom. The summed E-state index contributed by atoms with van der Waals surface area (Å²) in [6, 6.07) is 5.90. The van der Waals surface area contributed by atoms with Gasteiger partial charge in [-0.05, 0) is 12.5 Å². The molecule has 19 heavy (non-hydrogen) atoms. The van der Waals surface area contributed by atoms with Crippen molar-refractivity contribution in [3.8, 4) is 5.75 Å². The summed E-state index contributed by atoms with van der Waals surface area (Å²) in [7, 11) is -3.28. The third kappa shape index (κ3) is 5.23. The summed E-state index contributed by atoms with van der Waals surface area (Å²) in [6.45, 7) is -0.344. The molecule has 0 heterocycles. The van der Waals surface area contributed by atoms with Gasteiger partial charge in [-0.1, -0.05) is 12.1 Å². The normalized spacial score (nSPS) is 11.2. The zero-order chi connectivity index (χ0) is 14.3. The van der Waals surface area contributed by atoms with E-state index in [1.807, 2.05) is 0 Å². The summed E-state index contributed by atoms with van der Waals surface area (Å²) in [6.07, 6.45) is 0.217. The minimum atomic E-state index is -3.28. The molecule has 0 aliphatic carbocycles. The average Bonchev–Trinajstić information content (AvgIpc) is 2.35. The molecule has 8 heteroatoms. The van der Waals surface area contributed by atoms with Gasteiger partial charge >= 0.3 is 5.69 Å². The van der Waals surface area contributed by atoms with Gasteiger partial charge in [0.05, 0.1) is 29.6 Å². The second-order valence-corrected chi connectivity index (χ2v) is 6.11. The lowest BCUT2D eigenvalue weighted by Gasteiger charge is -2.06. The minimum Gasteiger partial charge on any atom is -0.487 e. The van der Waals surface area contributed by atoms with Crippen LogP contribution in [0.15, 0.2) is 24.3 Å². The number of benzene rings is 1. The highest BCUT2D eigenvalue weighted by molar-refractivity contribution is 7.91. The molecule has 0 saturated heterocycles. The fraction of sp³-hybridized carbons (Fsp3) is 0.455. The molecule has 0 bridgehead atoms. The van der Waals surface area contributed by atoms with Crippen molar-refractivity contribution in [3.63, 3.8) is 0 Å². The zero-order valence-corrected chi connectivity index (χ0v) is 11.0. The van der Waals surface area contributed by atoms with E-state index in [2.05, 4.69) is 0 Å². The summed E-state index contributed by atoms with van der Waals surface area (Å²) in [5, 5.41) is 19.2. The lowest BCUT2D eigenvalue weighted by molar-refractivity contribution is -0.385. The van der Waals surface area contributed by atoms with Crippen LogP contribution >= 0.6 is 0 Å². The molecule has 0 aliphatic rings. The van der Waals surface area contributed by atoms with Crippen molar-refractivity contribution in [3.05, 3.63) is 34.4 Å². The van der Waals surface area contributed by atoms with E-state index in [0.717, 1.165) is 0 Å². The van der Waals surface area contributed by atoms with E-state index in [1.54, 1.807) is 6.07 Å². The zero-order valence-electron chi connectivity index (χ0n) is 10.2. The SMILES string of the molecule is O=[N+]([O-])c1ccccc1OCCCS(=O)(=O)CCO. The lowest BCUT2D eigenvalue weighted by atomic mass is 10.3. The van der Waals surface area contributed by atoms with Gasteiger partial charge < -0.3 is 9.84 Å². The second-order valence-electron chi connectivity index (χ2n) is 3.80. The Hall–Kier alpha value is -1.67. The van der Waals surface area contributed by atoms with Crippen LogP contribution in [-0.2, 0) is 9.84 Å². The first-order chi connectivity index (χ1) is 8.96. The first-order valence-electron chi connectivity index (χ1n) is 5.64. The summed E-state index contributed by atoms with van der Waals surface area (Å²) in [4.78, 5) is 10.1. The average molecular weight is 289 g/mol. The molecule has 0 aliphatic heterocycles. The highest BCUT2D eigenvalue weighted by Crippen LogP contribution is 2.25. The van der Waals surface area contributed by atoms with E-state index >= 15 is 0 Å². The van der Waals surface area contributed by atoms with Crippen molar-refractivity contribution in [2.45, 2.75) is 6.42 Å². The summed E-state index contributed by atoms with van der Waals surface area (Å²) in [5.41, 5.74) is -0.152. The molecule has 0 fully saturated rings. The van der Waals surface area contributed by atoms with Gasteiger partial charge in [0, 0.05) is 6.07 Å². The van der Waals surface area contributed by atoms with Gasteiger partial charge in [0.25, 0.3) is 0 Å². The van der Waals surface area contributed by atoms with Crippen LogP contribution in [0.1, 0.15) is 6.42 Å². The molecule has 0 amide bonds. The van der Waals surface area contributed by atoms with Crippen LogP contribution in [0.2, 0.25) is 0 Å². The number of hydrogen-bond acceptors (Lipinski definition) is 6. The number of hydrogen-bond donors (Lipinski definition) is 1. The van der Waals surface area contributed by atoms with Crippen LogP contribution in [-0.4, -0.2) is 43.2 Å². The number of nitro benzene ring substituents is 1. The van der Waals surface area contributed by atoms with E-state index in [9.17, 15) is 18.5 Å². The standard InChI is InChI=1S/C11H15NO6S/c13-6-9-19(16,17)8-3-7-18-11-5-2-1-4-10(11)12(14)15/h1-2,4-5,13H,3,6-9H2. The predicted octanol–water partition coefficient (Wildman–Crippen LogP) is 0.771. The fourth-order valence-electron chi connectivity index (χ4n) is 1.43. The number of para-hydroxylation sites is 2. The fourth-order valence-corrected chi connectivity index (χ4v) is 2.47. The van der Waals surface area contributed by atoms with Crippen LogP contribution < -0.4 is 4.74 Å². The molecule has 1 aromatic rings. The number of sulfone groups is 1. The number of aliphatic hydroxyl groups is 1. The van der Waals surface area contributed by atoms with Crippen LogP contribution in [0.5, 0.6) is 5.75 Å². The van der Waals surface area contributed by atoms with Crippen LogP contribution in [0.25, 0.3) is 0 Å². The van der Waals surface area contributed by atoms with Gasteiger partial charge in [-0.3, -0.25) is 10.1 Å². The topological polar surface area (TPSA) is 107 Å². The number of ether oxygens (including phenoxy) is 1. The van der Waals surface area contributed by atoms with E-state index in [0.29, 0.717) is 0 Å². The van der Waals surface area contributed by atoms with Crippen LogP contribution in [0.3, 0.4) is 0 Å². The molecule has 1 rings (SSSR count). The molecular weight excluding hydrogens is 274 g/mol. The van der Waals surface area contributed by atoms with Crippen molar-refractivity contribution >= 4 is 15.5 Å². The molecule has 0 spiro atoms. The smallest absolute Gasteiger partial charge is 0.310 e. The Labute approximate surface area is 110 Å². The summed E-state index contributed by atoms with van der Waals surface area (Å²) >= 11 is 0. The predicted molar refractivity (Wildman–Crippen MR) is 68.9 cm³/mol. The van der Waals surface area contributed by atoms with Gasteiger partial charge in [0.15, 0.2) is 15.6 Å². The molecule has 0 radical (unpaired) electrons. The van der Waals surface area contributed by atoms with Crippen molar-refractivity contribution in [2.75, 3.05) is 24.7 Å². The van der Waals surface area contributed by atoms with Crippen molar-refractivity contribution in [1.29, 1.82) is 0 Å². The van der Waals surface area contributed by atoms with Crippen molar-refractivity contribution < 1.29 is 23.2 Å².